The lowest BCUT2D eigenvalue weighted by atomic mass is 10.1. The summed E-state index contributed by atoms with van der Waals surface area (Å²) in [4.78, 5) is 17.7. The van der Waals surface area contributed by atoms with Gasteiger partial charge in [-0.1, -0.05) is 54.6 Å². The first kappa shape index (κ1) is 14.8. The van der Waals surface area contributed by atoms with Crippen LogP contribution in [-0.4, -0.2) is 13.2 Å². The lowest BCUT2D eigenvalue weighted by Crippen LogP contribution is -2.32. The number of para-hydroxylation sites is 1. The first-order valence-corrected chi connectivity index (χ1v) is 6.53. The Morgan fingerprint density at radius 2 is 1.67 bits per heavy atom. The second-order valence-corrected chi connectivity index (χ2v) is 4.27. The molecule has 0 fully saturated rings. The van der Waals surface area contributed by atoms with Crippen LogP contribution < -0.4 is 5.06 Å². The Labute approximate surface area is 124 Å². The Kier molecular flexibility index (Phi) is 5.12. The smallest absolute Gasteiger partial charge is 0.438 e. The third-order valence-corrected chi connectivity index (χ3v) is 2.89. The molecule has 4 heteroatoms. The van der Waals surface area contributed by atoms with Crippen LogP contribution in [0.4, 0.5) is 10.5 Å². The number of methoxy groups -OCH3 is 1. The zero-order valence-corrected chi connectivity index (χ0v) is 11.8. The molecule has 0 saturated heterocycles. The minimum atomic E-state index is -0.594. The van der Waals surface area contributed by atoms with E-state index in [0.29, 0.717) is 5.69 Å². The number of carbonyl (C=O) groups is 1. The second kappa shape index (κ2) is 7.26. The van der Waals surface area contributed by atoms with E-state index in [1.165, 1.54) is 7.11 Å². The van der Waals surface area contributed by atoms with Crippen LogP contribution in [0.5, 0.6) is 0 Å². The molecule has 1 amide bonds. The highest BCUT2D eigenvalue weighted by molar-refractivity contribution is 5.85. The van der Waals surface area contributed by atoms with Crippen molar-refractivity contribution in [1.82, 2.24) is 0 Å². The summed E-state index contributed by atoms with van der Waals surface area (Å²) in [5.74, 6) is 0. The van der Waals surface area contributed by atoms with Crippen LogP contribution >= 0.6 is 0 Å². The van der Waals surface area contributed by atoms with Gasteiger partial charge in [-0.25, -0.2) is 4.79 Å². The number of hydrogen-bond acceptors (Lipinski definition) is 3. The fourth-order valence-corrected chi connectivity index (χ4v) is 1.85. The molecule has 0 saturated carbocycles. The van der Waals surface area contributed by atoms with Crippen molar-refractivity contribution in [2.75, 3.05) is 12.2 Å². The minimum absolute atomic E-state index is 0.453. The Hall–Kier alpha value is -2.59. The maximum atomic E-state index is 11.9. The number of nitrogens with zero attached hydrogens (tertiary/aromatic N) is 1. The SMILES string of the molecule is C=C[C@H](ON(C(=O)OC)c1ccccc1)c1ccccc1. The molecule has 0 heterocycles. The highest BCUT2D eigenvalue weighted by Crippen LogP contribution is 2.24. The highest BCUT2D eigenvalue weighted by atomic mass is 16.7. The molecule has 0 N–H and O–H groups in total. The van der Waals surface area contributed by atoms with E-state index in [1.54, 1.807) is 18.2 Å². The summed E-state index contributed by atoms with van der Waals surface area (Å²) in [5.41, 5.74) is 1.49. The first-order valence-electron chi connectivity index (χ1n) is 6.53. The quantitative estimate of drug-likeness (QED) is 0.612. The molecule has 21 heavy (non-hydrogen) atoms. The van der Waals surface area contributed by atoms with Gasteiger partial charge in [0.1, 0.15) is 6.10 Å². The molecule has 0 aliphatic heterocycles. The molecule has 4 nitrogen and oxygen atoms in total. The number of hydroxylamine groups is 1. The van der Waals surface area contributed by atoms with E-state index in [4.69, 9.17) is 9.57 Å². The summed E-state index contributed by atoms with van der Waals surface area (Å²) in [6.07, 6.45) is 0.586. The Bertz CT molecular complexity index is 583. The second-order valence-electron chi connectivity index (χ2n) is 4.27. The Morgan fingerprint density at radius 1 is 1.10 bits per heavy atom. The molecule has 0 bridgehead atoms. The zero-order valence-electron chi connectivity index (χ0n) is 11.8. The number of carbonyl (C=O) groups excluding carboxylic acids is 1. The van der Waals surface area contributed by atoms with Crippen LogP contribution in [0.2, 0.25) is 0 Å². The van der Waals surface area contributed by atoms with Gasteiger partial charge in [0.25, 0.3) is 0 Å². The molecular weight excluding hydrogens is 266 g/mol. The van der Waals surface area contributed by atoms with Gasteiger partial charge < -0.3 is 4.74 Å². The predicted molar refractivity (Wildman–Crippen MR) is 81.8 cm³/mol. The largest absolute Gasteiger partial charge is 0.451 e. The average molecular weight is 283 g/mol. The summed E-state index contributed by atoms with van der Waals surface area (Å²) in [6.45, 7) is 3.77. The van der Waals surface area contributed by atoms with Crippen molar-refractivity contribution in [3.63, 3.8) is 0 Å². The molecular formula is C17H17NO3. The molecule has 108 valence electrons. The van der Waals surface area contributed by atoms with Crippen molar-refractivity contribution < 1.29 is 14.4 Å². The van der Waals surface area contributed by atoms with Gasteiger partial charge in [0.15, 0.2) is 0 Å². The number of rotatable bonds is 5. The summed E-state index contributed by atoms with van der Waals surface area (Å²) >= 11 is 0. The van der Waals surface area contributed by atoms with Crippen LogP contribution in [0.1, 0.15) is 11.7 Å². The molecule has 0 aliphatic carbocycles. The van der Waals surface area contributed by atoms with Crippen molar-refractivity contribution >= 4 is 11.8 Å². The average Bonchev–Trinajstić information content (AvgIpc) is 2.57. The summed E-state index contributed by atoms with van der Waals surface area (Å²) in [7, 11) is 1.31. The van der Waals surface area contributed by atoms with E-state index in [9.17, 15) is 4.79 Å². The molecule has 2 aromatic carbocycles. The zero-order chi connectivity index (χ0) is 15.1. The molecule has 0 unspecified atom stereocenters. The van der Waals surface area contributed by atoms with E-state index < -0.39 is 12.2 Å². The maximum absolute atomic E-state index is 11.9. The van der Waals surface area contributed by atoms with Crippen molar-refractivity contribution in [3.05, 3.63) is 78.9 Å². The predicted octanol–water partition coefficient (Wildman–Crippen LogP) is 4.12. The van der Waals surface area contributed by atoms with Gasteiger partial charge in [-0.05, 0) is 17.7 Å². The third-order valence-electron chi connectivity index (χ3n) is 2.89. The van der Waals surface area contributed by atoms with E-state index >= 15 is 0 Å². The van der Waals surface area contributed by atoms with Crippen molar-refractivity contribution in [2.45, 2.75) is 6.10 Å². The van der Waals surface area contributed by atoms with Gasteiger partial charge in [-0.3, -0.25) is 4.84 Å². The monoisotopic (exact) mass is 283 g/mol. The lowest BCUT2D eigenvalue weighted by molar-refractivity contribution is 0.0529. The van der Waals surface area contributed by atoms with Crippen LogP contribution in [0.15, 0.2) is 73.3 Å². The van der Waals surface area contributed by atoms with E-state index in [1.807, 2.05) is 48.5 Å². The van der Waals surface area contributed by atoms with Gasteiger partial charge in [0.2, 0.25) is 0 Å². The lowest BCUT2D eigenvalue weighted by Gasteiger charge is -2.24. The maximum Gasteiger partial charge on any atom is 0.438 e. The standard InChI is InChI=1S/C17H17NO3/c1-3-16(14-10-6-4-7-11-14)21-18(17(19)20-2)15-12-8-5-9-13-15/h3-13,16H,1H2,2H3/t16-/m0/s1. The summed E-state index contributed by atoms with van der Waals surface area (Å²) < 4.78 is 4.78. The normalized spacial score (nSPS) is 11.5. The van der Waals surface area contributed by atoms with E-state index in [-0.39, 0.29) is 0 Å². The van der Waals surface area contributed by atoms with Gasteiger partial charge >= 0.3 is 6.09 Å². The molecule has 0 spiro atoms. The van der Waals surface area contributed by atoms with Crippen LogP contribution in [0.25, 0.3) is 0 Å². The van der Waals surface area contributed by atoms with Gasteiger partial charge in [-0.15, -0.1) is 6.58 Å². The van der Waals surface area contributed by atoms with Gasteiger partial charge in [0.05, 0.1) is 12.8 Å². The Morgan fingerprint density at radius 3 is 2.19 bits per heavy atom. The molecule has 0 aromatic heterocycles. The fourth-order valence-electron chi connectivity index (χ4n) is 1.85. The molecule has 2 rings (SSSR count). The summed E-state index contributed by atoms with van der Waals surface area (Å²) in [5, 5.41) is 1.12. The third kappa shape index (κ3) is 3.70. The minimum Gasteiger partial charge on any atom is -0.451 e. The molecule has 2 aromatic rings. The summed E-state index contributed by atoms with van der Waals surface area (Å²) in [6, 6.07) is 18.6. The van der Waals surface area contributed by atoms with E-state index in [2.05, 4.69) is 6.58 Å². The van der Waals surface area contributed by atoms with Crippen molar-refractivity contribution in [1.29, 1.82) is 0 Å². The van der Waals surface area contributed by atoms with Crippen LogP contribution in [0.3, 0.4) is 0 Å². The molecule has 0 aliphatic rings. The number of hydrogen-bond donors (Lipinski definition) is 0. The number of benzene rings is 2. The fraction of sp³-hybridized carbons (Fsp3) is 0.118. The van der Waals surface area contributed by atoms with Crippen molar-refractivity contribution in [2.24, 2.45) is 0 Å². The number of anilines is 1. The molecule has 1 atom stereocenters. The molecule has 0 radical (unpaired) electrons. The Balaban J connectivity index is 2.26. The van der Waals surface area contributed by atoms with E-state index in [0.717, 1.165) is 10.6 Å². The topological polar surface area (TPSA) is 38.8 Å². The van der Waals surface area contributed by atoms with Crippen LogP contribution in [-0.2, 0) is 9.57 Å². The highest BCUT2D eigenvalue weighted by Gasteiger charge is 2.21. The van der Waals surface area contributed by atoms with Crippen molar-refractivity contribution in [3.8, 4) is 0 Å². The van der Waals surface area contributed by atoms with Gasteiger partial charge in [-0.2, -0.15) is 5.06 Å². The first-order chi connectivity index (χ1) is 10.3. The van der Waals surface area contributed by atoms with Crippen LogP contribution in [0, 0.1) is 0 Å². The number of ether oxygens (including phenoxy) is 1. The van der Waals surface area contributed by atoms with Gasteiger partial charge in [0, 0.05) is 0 Å². The number of amides is 1.